The number of aliphatic hydroxyl groups is 1. The summed E-state index contributed by atoms with van der Waals surface area (Å²) >= 11 is 2.58. The Morgan fingerprint density at radius 1 is 1.13 bits per heavy atom. The van der Waals surface area contributed by atoms with E-state index in [1.54, 1.807) is 30.7 Å². The molecule has 0 aliphatic carbocycles. The van der Waals surface area contributed by atoms with Gasteiger partial charge in [-0.05, 0) is 35.2 Å². The number of ketones is 1. The van der Waals surface area contributed by atoms with Gasteiger partial charge in [-0.25, -0.2) is 4.98 Å². The minimum absolute atomic E-state index is 0.0653. The number of benzene rings is 2. The molecular formula is C23H16N2O4S2. The van der Waals surface area contributed by atoms with Crippen LogP contribution in [0.1, 0.15) is 21.3 Å². The van der Waals surface area contributed by atoms with Gasteiger partial charge in [-0.3, -0.25) is 14.5 Å². The Morgan fingerprint density at radius 3 is 2.65 bits per heavy atom. The molecule has 154 valence electrons. The number of aliphatic hydroxyl groups excluding tert-OH is 1. The van der Waals surface area contributed by atoms with Crippen molar-refractivity contribution in [2.24, 2.45) is 0 Å². The van der Waals surface area contributed by atoms with Crippen molar-refractivity contribution < 1.29 is 19.4 Å². The Labute approximate surface area is 185 Å². The fourth-order valence-electron chi connectivity index (χ4n) is 3.65. The first-order valence-corrected chi connectivity index (χ1v) is 11.1. The highest BCUT2D eigenvalue weighted by Crippen LogP contribution is 2.44. The van der Waals surface area contributed by atoms with Crippen LogP contribution in [0, 0.1) is 0 Å². The number of hydrogen-bond donors (Lipinski definition) is 1. The van der Waals surface area contributed by atoms with Gasteiger partial charge in [-0.15, -0.1) is 11.3 Å². The maximum atomic E-state index is 13.3. The van der Waals surface area contributed by atoms with Crippen molar-refractivity contribution in [3.63, 3.8) is 0 Å². The van der Waals surface area contributed by atoms with Crippen molar-refractivity contribution in [3.8, 4) is 5.75 Å². The lowest BCUT2D eigenvalue weighted by Gasteiger charge is -2.24. The Kier molecular flexibility index (Phi) is 4.80. The number of nitrogens with zero attached hydrogens (tertiary/aromatic N) is 2. The molecular weight excluding hydrogens is 432 g/mol. The standard InChI is InChI=1S/C23H16N2O4S2/c1-29-14-9-10-15-17(12-14)31-23(24-15)25-19(13-6-3-2-4-7-13)18(21(27)22(25)28)20(26)16-8-5-11-30-16/h2-12,19,27H,1H3. The molecule has 5 rings (SSSR count). The first-order valence-electron chi connectivity index (χ1n) is 9.43. The smallest absolute Gasteiger partial charge is 0.296 e. The number of carbonyl (C=O) groups is 2. The summed E-state index contributed by atoms with van der Waals surface area (Å²) in [7, 11) is 1.59. The second kappa shape index (κ2) is 7.64. The Balaban J connectivity index is 1.66. The summed E-state index contributed by atoms with van der Waals surface area (Å²) in [6.45, 7) is 0. The van der Waals surface area contributed by atoms with Crippen molar-refractivity contribution in [3.05, 3.63) is 87.8 Å². The van der Waals surface area contributed by atoms with E-state index >= 15 is 0 Å². The number of amides is 1. The molecule has 1 N–H and O–H groups in total. The van der Waals surface area contributed by atoms with Crippen LogP contribution >= 0.6 is 22.7 Å². The van der Waals surface area contributed by atoms with Crippen LogP contribution in [-0.4, -0.2) is 28.9 Å². The van der Waals surface area contributed by atoms with Crippen molar-refractivity contribution in [1.82, 2.24) is 4.98 Å². The second-order valence-electron chi connectivity index (χ2n) is 6.89. The quantitative estimate of drug-likeness (QED) is 0.427. The third-order valence-corrected chi connectivity index (χ3v) is 6.99. The molecule has 6 nitrogen and oxygen atoms in total. The topological polar surface area (TPSA) is 79.7 Å². The lowest BCUT2D eigenvalue weighted by atomic mass is 9.96. The van der Waals surface area contributed by atoms with E-state index in [1.165, 1.54) is 27.6 Å². The number of Topliss-reactive ketones (excluding diaryl/α,β-unsaturated/α-hetero) is 1. The summed E-state index contributed by atoms with van der Waals surface area (Å²) in [4.78, 5) is 32.9. The maximum absolute atomic E-state index is 13.3. The molecule has 0 saturated carbocycles. The number of thiazole rings is 1. The minimum atomic E-state index is -0.772. The second-order valence-corrected chi connectivity index (χ2v) is 8.84. The van der Waals surface area contributed by atoms with Crippen LogP contribution in [0.5, 0.6) is 5.75 Å². The van der Waals surface area contributed by atoms with E-state index in [4.69, 9.17) is 4.74 Å². The van der Waals surface area contributed by atoms with Gasteiger partial charge in [-0.2, -0.15) is 0 Å². The Bertz CT molecular complexity index is 1330. The van der Waals surface area contributed by atoms with Crippen LogP contribution in [0.4, 0.5) is 5.13 Å². The molecule has 0 spiro atoms. The maximum Gasteiger partial charge on any atom is 0.296 e. The number of methoxy groups -OCH3 is 1. The molecule has 2 aromatic carbocycles. The highest BCUT2D eigenvalue weighted by atomic mass is 32.1. The SMILES string of the molecule is COc1ccc2nc(N3C(=O)C(O)=C(C(=O)c4cccs4)C3c3ccccc3)sc2c1. The molecule has 0 bridgehead atoms. The van der Waals surface area contributed by atoms with E-state index in [-0.39, 0.29) is 11.4 Å². The van der Waals surface area contributed by atoms with E-state index in [0.29, 0.717) is 21.3 Å². The van der Waals surface area contributed by atoms with E-state index in [2.05, 4.69) is 4.98 Å². The molecule has 1 unspecified atom stereocenters. The van der Waals surface area contributed by atoms with Gasteiger partial charge in [0.15, 0.2) is 10.9 Å². The zero-order valence-corrected chi connectivity index (χ0v) is 17.9. The summed E-state index contributed by atoms with van der Waals surface area (Å²) in [6.07, 6.45) is 0. The van der Waals surface area contributed by atoms with Crippen molar-refractivity contribution in [2.45, 2.75) is 6.04 Å². The van der Waals surface area contributed by atoms with E-state index in [0.717, 1.165) is 10.3 Å². The van der Waals surface area contributed by atoms with Gasteiger partial charge in [0.05, 0.1) is 33.8 Å². The number of fused-ring (bicyclic) bond motifs is 1. The monoisotopic (exact) mass is 448 g/mol. The molecule has 1 amide bonds. The lowest BCUT2D eigenvalue weighted by molar-refractivity contribution is -0.117. The molecule has 31 heavy (non-hydrogen) atoms. The van der Waals surface area contributed by atoms with Gasteiger partial charge in [0, 0.05) is 0 Å². The molecule has 1 atom stereocenters. The average molecular weight is 449 g/mol. The summed E-state index contributed by atoms with van der Waals surface area (Å²) in [5.41, 5.74) is 1.49. The zero-order chi connectivity index (χ0) is 21.5. The molecule has 0 radical (unpaired) electrons. The number of anilines is 1. The highest BCUT2D eigenvalue weighted by molar-refractivity contribution is 7.22. The summed E-state index contributed by atoms with van der Waals surface area (Å²) < 4.78 is 6.12. The van der Waals surface area contributed by atoms with Gasteiger partial charge < -0.3 is 9.84 Å². The van der Waals surface area contributed by atoms with Gasteiger partial charge in [-0.1, -0.05) is 47.7 Å². The summed E-state index contributed by atoms with van der Waals surface area (Å²) in [5, 5.41) is 13.0. The zero-order valence-electron chi connectivity index (χ0n) is 16.3. The lowest BCUT2D eigenvalue weighted by Crippen LogP contribution is -2.30. The number of carbonyl (C=O) groups excluding carboxylic acids is 2. The Hall–Kier alpha value is -3.49. The molecule has 1 aliphatic heterocycles. The summed E-state index contributed by atoms with van der Waals surface area (Å²) in [5.74, 6) is -0.853. The number of aromatic nitrogens is 1. The van der Waals surface area contributed by atoms with Gasteiger partial charge in [0.25, 0.3) is 5.91 Å². The molecule has 2 aromatic heterocycles. The number of ether oxygens (including phenoxy) is 1. The average Bonchev–Trinajstić information content (AvgIpc) is 3.52. The van der Waals surface area contributed by atoms with Crippen molar-refractivity contribution in [2.75, 3.05) is 12.0 Å². The predicted octanol–water partition coefficient (Wildman–Crippen LogP) is 5.15. The largest absolute Gasteiger partial charge is 0.503 e. The molecule has 4 aromatic rings. The Morgan fingerprint density at radius 2 is 1.94 bits per heavy atom. The van der Waals surface area contributed by atoms with Crippen LogP contribution in [0.2, 0.25) is 0 Å². The van der Waals surface area contributed by atoms with Crippen LogP contribution in [-0.2, 0) is 4.79 Å². The van der Waals surface area contributed by atoms with E-state index in [9.17, 15) is 14.7 Å². The summed E-state index contributed by atoms with van der Waals surface area (Å²) in [6, 6.07) is 17.3. The normalized spacial score (nSPS) is 16.4. The van der Waals surface area contributed by atoms with Crippen LogP contribution in [0.3, 0.4) is 0 Å². The molecule has 0 saturated heterocycles. The van der Waals surface area contributed by atoms with Gasteiger partial charge in [0.1, 0.15) is 5.75 Å². The number of thiophene rings is 1. The number of hydrogen-bond acceptors (Lipinski definition) is 7. The van der Waals surface area contributed by atoms with Crippen molar-refractivity contribution in [1.29, 1.82) is 0 Å². The van der Waals surface area contributed by atoms with Crippen molar-refractivity contribution >= 4 is 49.7 Å². The minimum Gasteiger partial charge on any atom is -0.503 e. The van der Waals surface area contributed by atoms with Crippen LogP contribution in [0.25, 0.3) is 10.2 Å². The van der Waals surface area contributed by atoms with Gasteiger partial charge in [0.2, 0.25) is 5.78 Å². The third kappa shape index (κ3) is 3.20. The van der Waals surface area contributed by atoms with Crippen LogP contribution < -0.4 is 9.64 Å². The first-order chi connectivity index (χ1) is 15.1. The number of rotatable bonds is 5. The van der Waals surface area contributed by atoms with E-state index in [1.807, 2.05) is 42.5 Å². The predicted molar refractivity (Wildman–Crippen MR) is 121 cm³/mol. The first kappa shape index (κ1) is 19.5. The van der Waals surface area contributed by atoms with E-state index < -0.39 is 17.7 Å². The fraction of sp³-hybridized carbons (Fsp3) is 0.0870. The van der Waals surface area contributed by atoms with Gasteiger partial charge >= 0.3 is 0 Å². The highest BCUT2D eigenvalue weighted by Gasteiger charge is 2.46. The van der Waals surface area contributed by atoms with Crippen LogP contribution in [0.15, 0.2) is 77.4 Å². The molecule has 1 aliphatic rings. The fourth-order valence-corrected chi connectivity index (χ4v) is 5.35. The molecule has 3 heterocycles. The molecule has 8 heteroatoms. The molecule has 0 fully saturated rings. The third-order valence-electron chi connectivity index (χ3n) is 5.10.